The molecule has 19 heavy (non-hydrogen) atoms. The molecule has 0 radical (unpaired) electrons. The van der Waals surface area contributed by atoms with Crippen LogP contribution >= 0.6 is 0 Å². The molecule has 0 unspecified atom stereocenters. The number of nitrogens with zero attached hydrogens (tertiary/aromatic N) is 1. The van der Waals surface area contributed by atoms with Gasteiger partial charge in [0.05, 0.1) is 19.8 Å². The Kier molecular flexibility index (Phi) is 9.79. The lowest BCUT2D eigenvalue weighted by Crippen LogP contribution is -2.10. The monoisotopic (exact) mass is 268 g/mol. The van der Waals surface area contributed by atoms with Crippen molar-refractivity contribution in [3.8, 4) is 0 Å². The number of methoxy groups -OCH3 is 2. The van der Waals surface area contributed by atoms with E-state index in [0.29, 0.717) is 24.8 Å². The fourth-order valence-electron chi connectivity index (χ4n) is 1.20. The predicted octanol–water partition coefficient (Wildman–Crippen LogP) is 1.19. The zero-order chi connectivity index (χ0) is 14.5. The van der Waals surface area contributed by atoms with Gasteiger partial charge >= 0.3 is 5.97 Å². The second-order valence-electron chi connectivity index (χ2n) is 3.42. The molecule has 0 saturated heterocycles. The number of carbonyl (C=O) groups is 2. The van der Waals surface area contributed by atoms with Gasteiger partial charge in [0.25, 0.3) is 0 Å². The minimum atomic E-state index is -0.268. The molecular formula is C13H20N2O4. The minimum absolute atomic E-state index is 0.213. The number of allylic oxidation sites excluding steroid dienone is 1. The van der Waals surface area contributed by atoms with Crippen molar-refractivity contribution >= 4 is 18.3 Å². The SMILES string of the molecule is CCN/C=C(/C=C/CCC(=O)OC)C(=N/C=O)\OC. The lowest BCUT2D eigenvalue weighted by molar-refractivity contribution is -0.140. The molecule has 0 saturated carbocycles. The third-order valence-electron chi connectivity index (χ3n) is 2.11. The van der Waals surface area contributed by atoms with Gasteiger partial charge in [-0.2, -0.15) is 4.99 Å². The Bertz CT molecular complexity index is 373. The maximum Gasteiger partial charge on any atom is 0.305 e. The molecule has 0 aliphatic carbocycles. The van der Waals surface area contributed by atoms with Crippen molar-refractivity contribution in [3.63, 3.8) is 0 Å². The highest BCUT2D eigenvalue weighted by molar-refractivity contribution is 5.99. The molecule has 0 aromatic heterocycles. The number of amides is 1. The van der Waals surface area contributed by atoms with E-state index in [1.165, 1.54) is 14.2 Å². The third kappa shape index (κ3) is 7.75. The van der Waals surface area contributed by atoms with Crippen LogP contribution in [0.1, 0.15) is 19.8 Å². The van der Waals surface area contributed by atoms with E-state index in [2.05, 4.69) is 15.0 Å². The highest BCUT2D eigenvalue weighted by atomic mass is 16.5. The number of hydrogen-bond acceptors (Lipinski definition) is 5. The Hall–Kier alpha value is -2.11. The van der Waals surface area contributed by atoms with E-state index in [9.17, 15) is 9.59 Å². The van der Waals surface area contributed by atoms with Crippen LogP contribution in [0.25, 0.3) is 0 Å². The predicted molar refractivity (Wildman–Crippen MR) is 72.7 cm³/mol. The van der Waals surface area contributed by atoms with E-state index in [1.807, 2.05) is 6.92 Å². The summed E-state index contributed by atoms with van der Waals surface area (Å²) in [7, 11) is 2.78. The van der Waals surface area contributed by atoms with Crippen LogP contribution in [0, 0.1) is 0 Å². The van der Waals surface area contributed by atoms with Crippen LogP contribution in [-0.4, -0.2) is 39.0 Å². The van der Waals surface area contributed by atoms with Crippen molar-refractivity contribution < 1.29 is 19.1 Å². The normalized spacial score (nSPS) is 12.4. The molecule has 0 rings (SSSR count). The molecule has 106 valence electrons. The Morgan fingerprint density at radius 1 is 1.32 bits per heavy atom. The maximum atomic E-state index is 10.9. The average molecular weight is 268 g/mol. The summed E-state index contributed by atoms with van der Waals surface area (Å²) in [6, 6.07) is 0. The number of esters is 1. The van der Waals surface area contributed by atoms with Crippen molar-refractivity contribution in [1.29, 1.82) is 0 Å². The number of nitrogens with one attached hydrogen (secondary N) is 1. The topological polar surface area (TPSA) is 77.0 Å². The van der Waals surface area contributed by atoms with Gasteiger partial charge in [-0.25, -0.2) is 0 Å². The van der Waals surface area contributed by atoms with Gasteiger partial charge < -0.3 is 14.8 Å². The lowest BCUT2D eigenvalue weighted by atomic mass is 10.2. The van der Waals surface area contributed by atoms with Crippen LogP contribution in [0.4, 0.5) is 0 Å². The minimum Gasteiger partial charge on any atom is -0.480 e. The van der Waals surface area contributed by atoms with Gasteiger partial charge in [-0.1, -0.05) is 12.2 Å². The first kappa shape index (κ1) is 16.9. The van der Waals surface area contributed by atoms with Crippen LogP contribution in [-0.2, 0) is 19.1 Å². The summed E-state index contributed by atoms with van der Waals surface area (Å²) in [5, 5.41) is 3.00. The van der Waals surface area contributed by atoms with E-state index >= 15 is 0 Å². The molecule has 0 aromatic rings. The van der Waals surface area contributed by atoms with Crippen LogP contribution < -0.4 is 5.32 Å². The summed E-state index contributed by atoms with van der Waals surface area (Å²) < 4.78 is 9.55. The molecule has 1 N–H and O–H groups in total. The first-order valence-electron chi connectivity index (χ1n) is 5.92. The van der Waals surface area contributed by atoms with Crippen molar-refractivity contribution in [2.75, 3.05) is 20.8 Å². The Labute approximate surface area is 113 Å². The first-order valence-corrected chi connectivity index (χ1v) is 5.92. The molecule has 0 fully saturated rings. The molecule has 1 amide bonds. The standard InChI is InChI=1S/C13H20N2O4/c1-4-14-9-11(13(19-3)15-10-16)7-5-6-8-12(17)18-2/h5,7,9-10,14H,4,6,8H2,1-3H3/b7-5+,11-9-,15-13+. The van der Waals surface area contributed by atoms with Gasteiger partial charge in [-0.05, 0) is 13.3 Å². The molecule has 0 atom stereocenters. The molecular weight excluding hydrogens is 248 g/mol. The summed E-state index contributed by atoms with van der Waals surface area (Å²) in [4.78, 5) is 24.9. The smallest absolute Gasteiger partial charge is 0.305 e. The van der Waals surface area contributed by atoms with E-state index < -0.39 is 0 Å². The third-order valence-corrected chi connectivity index (χ3v) is 2.11. The molecule has 0 aliphatic heterocycles. The summed E-state index contributed by atoms with van der Waals surface area (Å²) in [5.41, 5.74) is 0.626. The molecule has 0 bridgehead atoms. The second-order valence-corrected chi connectivity index (χ2v) is 3.42. The van der Waals surface area contributed by atoms with Crippen LogP contribution in [0.3, 0.4) is 0 Å². The Morgan fingerprint density at radius 2 is 2.05 bits per heavy atom. The largest absolute Gasteiger partial charge is 0.480 e. The van der Waals surface area contributed by atoms with E-state index in [-0.39, 0.29) is 11.9 Å². The van der Waals surface area contributed by atoms with E-state index in [0.717, 1.165) is 6.54 Å². The average Bonchev–Trinajstić information content (AvgIpc) is 2.44. The van der Waals surface area contributed by atoms with Gasteiger partial charge in [0, 0.05) is 19.2 Å². The van der Waals surface area contributed by atoms with Gasteiger partial charge in [0.2, 0.25) is 12.3 Å². The number of carbonyl (C=O) groups excluding carboxylic acids is 2. The molecule has 6 nitrogen and oxygen atoms in total. The fraction of sp³-hybridized carbons (Fsp3) is 0.462. The van der Waals surface area contributed by atoms with E-state index in [4.69, 9.17) is 4.74 Å². The zero-order valence-corrected chi connectivity index (χ0v) is 11.5. The van der Waals surface area contributed by atoms with Gasteiger partial charge in [0.15, 0.2) is 0 Å². The number of aliphatic imine (C=N–C) groups is 1. The number of rotatable bonds is 8. The van der Waals surface area contributed by atoms with Crippen LogP contribution in [0.15, 0.2) is 28.9 Å². The maximum absolute atomic E-state index is 10.9. The summed E-state index contributed by atoms with van der Waals surface area (Å²) in [5.74, 6) is -0.0549. The van der Waals surface area contributed by atoms with Crippen molar-refractivity contribution in [2.45, 2.75) is 19.8 Å². The van der Waals surface area contributed by atoms with Crippen molar-refractivity contribution in [1.82, 2.24) is 5.32 Å². The van der Waals surface area contributed by atoms with Gasteiger partial charge in [0.1, 0.15) is 0 Å². The highest BCUT2D eigenvalue weighted by Gasteiger charge is 2.04. The summed E-state index contributed by atoms with van der Waals surface area (Å²) in [6.07, 6.45) is 6.47. The molecule has 6 heteroatoms. The summed E-state index contributed by atoms with van der Waals surface area (Å²) in [6.45, 7) is 2.68. The molecule has 0 heterocycles. The quantitative estimate of drug-likeness (QED) is 0.235. The molecule has 0 aliphatic rings. The fourth-order valence-corrected chi connectivity index (χ4v) is 1.20. The van der Waals surface area contributed by atoms with Gasteiger partial charge in [-0.3, -0.25) is 9.59 Å². The van der Waals surface area contributed by atoms with Crippen molar-refractivity contribution in [2.24, 2.45) is 4.99 Å². The second kappa shape index (κ2) is 11.0. The zero-order valence-electron chi connectivity index (χ0n) is 11.5. The Morgan fingerprint density at radius 3 is 2.58 bits per heavy atom. The Balaban J connectivity index is 4.68. The number of ether oxygens (including phenoxy) is 2. The van der Waals surface area contributed by atoms with Crippen LogP contribution in [0.5, 0.6) is 0 Å². The first-order chi connectivity index (χ1) is 9.19. The van der Waals surface area contributed by atoms with E-state index in [1.54, 1.807) is 18.4 Å². The lowest BCUT2D eigenvalue weighted by Gasteiger charge is -2.05. The van der Waals surface area contributed by atoms with Gasteiger partial charge in [-0.15, -0.1) is 0 Å². The van der Waals surface area contributed by atoms with Crippen molar-refractivity contribution in [3.05, 3.63) is 23.9 Å². The number of hydrogen-bond donors (Lipinski definition) is 1. The highest BCUT2D eigenvalue weighted by Crippen LogP contribution is 2.03. The molecule has 0 spiro atoms. The van der Waals surface area contributed by atoms with Crippen LogP contribution in [0.2, 0.25) is 0 Å². The molecule has 0 aromatic carbocycles. The summed E-state index contributed by atoms with van der Waals surface area (Å²) >= 11 is 0.